The molecule has 0 bridgehead atoms. The first-order chi connectivity index (χ1) is 13.2. The standard InChI is InChI=1S/C22H14N2O3/c1-26-22(25)16(13-23)11-14-9-10-20-19(12-14)21(27-24-20)18-8-4-6-15-5-2-3-7-17(15)18/h2-12H,1H3/b16-11-. The molecule has 0 amide bonds. The molecule has 0 N–H and O–H groups in total. The summed E-state index contributed by atoms with van der Waals surface area (Å²) in [5, 5.41) is 16.3. The lowest BCUT2D eigenvalue weighted by Gasteiger charge is -2.04. The second-order valence-corrected chi connectivity index (χ2v) is 5.98. The monoisotopic (exact) mass is 354 g/mol. The van der Waals surface area contributed by atoms with Gasteiger partial charge in [0.15, 0.2) is 5.76 Å². The van der Waals surface area contributed by atoms with Crippen molar-refractivity contribution >= 4 is 33.7 Å². The van der Waals surface area contributed by atoms with Crippen LogP contribution in [0.5, 0.6) is 0 Å². The minimum absolute atomic E-state index is 0.0694. The summed E-state index contributed by atoms with van der Waals surface area (Å²) in [6, 6.07) is 21.3. The predicted molar refractivity (Wildman–Crippen MR) is 103 cm³/mol. The number of fused-ring (bicyclic) bond motifs is 2. The fraction of sp³-hybridized carbons (Fsp3) is 0.0455. The molecular weight excluding hydrogens is 340 g/mol. The zero-order valence-electron chi connectivity index (χ0n) is 14.5. The lowest BCUT2D eigenvalue weighted by atomic mass is 10.00. The van der Waals surface area contributed by atoms with Gasteiger partial charge in [0.1, 0.15) is 17.2 Å². The number of nitrogens with zero attached hydrogens (tertiary/aromatic N) is 2. The van der Waals surface area contributed by atoms with E-state index >= 15 is 0 Å². The number of hydrogen-bond acceptors (Lipinski definition) is 5. The van der Waals surface area contributed by atoms with E-state index in [-0.39, 0.29) is 5.57 Å². The molecule has 0 atom stereocenters. The number of rotatable bonds is 3. The number of aromatic nitrogens is 1. The van der Waals surface area contributed by atoms with E-state index in [4.69, 9.17) is 9.78 Å². The number of methoxy groups -OCH3 is 1. The van der Waals surface area contributed by atoms with Crippen LogP contribution in [0.15, 0.2) is 70.8 Å². The lowest BCUT2D eigenvalue weighted by molar-refractivity contribution is -0.135. The number of hydrogen-bond donors (Lipinski definition) is 0. The fourth-order valence-corrected chi connectivity index (χ4v) is 3.08. The van der Waals surface area contributed by atoms with Gasteiger partial charge in [0.2, 0.25) is 0 Å². The van der Waals surface area contributed by atoms with Gasteiger partial charge in [-0.2, -0.15) is 5.26 Å². The summed E-state index contributed by atoms with van der Waals surface area (Å²) in [5.41, 5.74) is 2.26. The Morgan fingerprint density at radius 2 is 1.93 bits per heavy atom. The Kier molecular flexibility index (Phi) is 4.15. The molecule has 0 spiro atoms. The van der Waals surface area contributed by atoms with Crippen molar-refractivity contribution in [3.8, 4) is 17.4 Å². The molecule has 3 aromatic carbocycles. The normalized spacial score (nSPS) is 11.5. The molecule has 0 saturated heterocycles. The van der Waals surface area contributed by atoms with Crippen molar-refractivity contribution in [2.75, 3.05) is 7.11 Å². The topological polar surface area (TPSA) is 76.1 Å². The molecule has 0 aliphatic rings. The Balaban J connectivity index is 1.90. The molecule has 0 aliphatic heterocycles. The molecule has 0 unspecified atom stereocenters. The van der Waals surface area contributed by atoms with E-state index in [1.807, 2.05) is 54.6 Å². The summed E-state index contributed by atoms with van der Waals surface area (Å²) in [6.07, 6.45) is 1.49. The van der Waals surface area contributed by atoms with Gasteiger partial charge in [-0.25, -0.2) is 4.79 Å². The highest BCUT2D eigenvalue weighted by Gasteiger charge is 2.14. The van der Waals surface area contributed by atoms with E-state index < -0.39 is 5.97 Å². The SMILES string of the molecule is COC(=O)/C(C#N)=C\c1ccc2noc(-c3cccc4ccccc34)c2c1. The molecule has 1 heterocycles. The van der Waals surface area contributed by atoms with Gasteiger partial charge in [0.05, 0.1) is 12.5 Å². The number of nitriles is 1. The first-order valence-electron chi connectivity index (χ1n) is 8.29. The second-order valence-electron chi connectivity index (χ2n) is 5.98. The van der Waals surface area contributed by atoms with Crippen LogP contribution in [0.3, 0.4) is 0 Å². The van der Waals surface area contributed by atoms with Gasteiger partial charge < -0.3 is 9.26 Å². The van der Waals surface area contributed by atoms with Gasteiger partial charge in [0.25, 0.3) is 0 Å². The summed E-state index contributed by atoms with van der Waals surface area (Å²) < 4.78 is 10.3. The van der Waals surface area contributed by atoms with Gasteiger partial charge in [-0.3, -0.25) is 0 Å². The van der Waals surface area contributed by atoms with Crippen LogP contribution in [-0.4, -0.2) is 18.2 Å². The van der Waals surface area contributed by atoms with Crippen LogP contribution in [0.2, 0.25) is 0 Å². The minimum Gasteiger partial charge on any atom is -0.465 e. The maximum atomic E-state index is 11.7. The third-order valence-electron chi connectivity index (χ3n) is 4.37. The minimum atomic E-state index is -0.669. The van der Waals surface area contributed by atoms with Crippen molar-refractivity contribution in [3.05, 3.63) is 71.8 Å². The van der Waals surface area contributed by atoms with E-state index in [0.29, 0.717) is 16.8 Å². The third kappa shape index (κ3) is 2.94. The van der Waals surface area contributed by atoms with Crippen molar-refractivity contribution in [1.29, 1.82) is 5.26 Å². The average molecular weight is 354 g/mol. The van der Waals surface area contributed by atoms with Crippen LogP contribution < -0.4 is 0 Å². The first-order valence-corrected chi connectivity index (χ1v) is 8.29. The van der Waals surface area contributed by atoms with Gasteiger partial charge in [-0.15, -0.1) is 0 Å². The van der Waals surface area contributed by atoms with E-state index in [0.717, 1.165) is 21.7 Å². The molecule has 1 aromatic heterocycles. The molecule has 27 heavy (non-hydrogen) atoms. The van der Waals surface area contributed by atoms with Crippen molar-refractivity contribution in [3.63, 3.8) is 0 Å². The first kappa shape index (κ1) is 16.6. The molecule has 130 valence electrons. The molecule has 0 radical (unpaired) electrons. The average Bonchev–Trinajstić information content (AvgIpc) is 3.14. The highest BCUT2D eigenvalue weighted by atomic mass is 16.5. The predicted octanol–water partition coefficient (Wildman–Crippen LogP) is 4.73. The van der Waals surface area contributed by atoms with E-state index in [2.05, 4.69) is 9.89 Å². The number of benzene rings is 3. The van der Waals surface area contributed by atoms with E-state index in [1.54, 1.807) is 12.1 Å². The molecule has 4 rings (SSSR count). The van der Waals surface area contributed by atoms with Crippen molar-refractivity contribution in [2.24, 2.45) is 0 Å². The van der Waals surface area contributed by atoms with Crippen molar-refractivity contribution in [1.82, 2.24) is 5.16 Å². The van der Waals surface area contributed by atoms with E-state index in [1.165, 1.54) is 13.2 Å². The zero-order chi connectivity index (χ0) is 18.8. The summed E-state index contributed by atoms with van der Waals surface area (Å²) in [4.78, 5) is 11.7. The summed E-state index contributed by atoms with van der Waals surface area (Å²) in [6.45, 7) is 0. The molecular formula is C22H14N2O3. The summed E-state index contributed by atoms with van der Waals surface area (Å²) in [5.74, 6) is -0.0224. The quantitative estimate of drug-likeness (QED) is 0.302. The maximum absolute atomic E-state index is 11.7. The van der Waals surface area contributed by atoms with Gasteiger partial charge >= 0.3 is 5.97 Å². The van der Waals surface area contributed by atoms with Crippen LogP contribution >= 0.6 is 0 Å². The van der Waals surface area contributed by atoms with Gasteiger partial charge in [-0.05, 0) is 34.5 Å². The maximum Gasteiger partial charge on any atom is 0.348 e. The number of carbonyl (C=O) groups excluding carboxylic acids is 1. The Morgan fingerprint density at radius 3 is 2.74 bits per heavy atom. The van der Waals surface area contributed by atoms with Crippen molar-refractivity contribution < 1.29 is 14.1 Å². The molecule has 4 aromatic rings. The highest BCUT2D eigenvalue weighted by Crippen LogP contribution is 2.34. The van der Waals surface area contributed by atoms with Crippen LogP contribution in [-0.2, 0) is 9.53 Å². The fourth-order valence-electron chi connectivity index (χ4n) is 3.08. The second kappa shape index (κ2) is 6.77. The zero-order valence-corrected chi connectivity index (χ0v) is 14.5. The Hall–Kier alpha value is -3.91. The highest BCUT2D eigenvalue weighted by molar-refractivity contribution is 6.03. The lowest BCUT2D eigenvalue weighted by Crippen LogP contribution is -2.02. The molecule has 0 saturated carbocycles. The number of ether oxygens (including phenoxy) is 1. The Bertz CT molecular complexity index is 1240. The molecule has 0 aliphatic carbocycles. The molecule has 0 fully saturated rings. The smallest absolute Gasteiger partial charge is 0.348 e. The summed E-state index contributed by atoms with van der Waals surface area (Å²) in [7, 11) is 1.25. The van der Waals surface area contributed by atoms with Gasteiger partial charge in [-0.1, -0.05) is 53.7 Å². The Labute approximate surface area is 155 Å². The van der Waals surface area contributed by atoms with Gasteiger partial charge in [0, 0.05) is 5.56 Å². The molecule has 5 heteroatoms. The Morgan fingerprint density at radius 1 is 1.11 bits per heavy atom. The number of esters is 1. The van der Waals surface area contributed by atoms with Crippen LogP contribution in [0.4, 0.5) is 0 Å². The third-order valence-corrected chi connectivity index (χ3v) is 4.37. The van der Waals surface area contributed by atoms with Crippen LogP contribution in [0.1, 0.15) is 5.56 Å². The van der Waals surface area contributed by atoms with Crippen molar-refractivity contribution in [2.45, 2.75) is 0 Å². The van der Waals surface area contributed by atoms with E-state index in [9.17, 15) is 4.79 Å². The summed E-state index contributed by atoms with van der Waals surface area (Å²) >= 11 is 0. The van der Waals surface area contributed by atoms with Crippen LogP contribution in [0.25, 0.3) is 39.1 Å². The molecule has 5 nitrogen and oxygen atoms in total. The number of carbonyl (C=O) groups is 1. The largest absolute Gasteiger partial charge is 0.465 e. The van der Waals surface area contributed by atoms with Crippen LogP contribution in [0, 0.1) is 11.3 Å².